The van der Waals surface area contributed by atoms with Crippen molar-refractivity contribution in [2.75, 3.05) is 13.7 Å². The van der Waals surface area contributed by atoms with Gasteiger partial charge in [0.05, 0.1) is 7.11 Å². The van der Waals surface area contributed by atoms with E-state index in [1.54, 1.807) is 36.4 Å². The van der Waals surface area contributed by atoms with Gasteiger partial charge in [-0.15, -0.1) is 0 Å². The van der Waals surface area contributed by atoms with Gasteiger partial charge in [0.1, 0.15) is 29.9 Å². The SMILES string of the molecule is COC(=O)[C@@H](C)NC(=O)[C@H](Cc1ccccc1)NC(=O)[C@@H](CCCN=C(N)N)NC(=O)[C@H](Cc1ccc(O)cc1)N=C(N)N. The van der Waals surface area contributed by atoms with Crippen LogP contribution in [0.3, 0.4) is 0 Å². The highest BCUT2D eigenvalue weighted by Crippen LogP contribution is 2.13. The van der Waals surface area contributed by atoms with Crippen LogP contribution in [0.1, 0.15) is 30.9 Å². The Balaban J connectivity index is 2.31. The Hall–Kier alpha value is -5.34. The maximum atomic E-state index is 13.6. The van der Waals surface area contributed by atoms with Gasteiger partial charge in [-0.05, 0) is 43.0 Å². The minimum Gasteiger partial charge on any atom is -0.508 e. The normalized spacial score (nSPS) is 13.2. The third kappa shape index (κ3) is 12.3. The average molecular weight is 612 g/mol. The number of esters is 1. The number of hydrogen-bond donors (Lipinski definition) is 8. The lowest BCUT2D eigenvalue weighted by molar-refractivity contribution is -0.144. The summed E-state index contributed by atoms with van der Waals surface area (Å²) in [7, 11) is 1.20. The van der Waals surface area contributed by atoms with Crippen molar-refractivity contribution in [1.29, 1.82) is 0 Å². The first kappa shape index (κ1) is 34.9. The molecule has 0 spiro atoms. The van der Waals surface area contributed by atoms with E-state index in [2.05, 4.69) is 30.7 Å². The molecule has 0 aliphatic rings. The molecule has 12 N–H and O–H groups in total. The summed E-state index contributed by atoms with van der Waals surface area (Å²) in [5, 5.41) is 17.5. The standard InChI is InChI=1S/C29H41N9O6/c1-17(27(43)44-2)35-25(41)22(15-18-7-4-3-5-8-18)37-24(40)21(9-6-14-34-28(30)31)36-26(42)23(38-29(32)33)16-19-10-12-20(39)13-11-19/h3-5,7-8,10-13,17,21-23,39H,6,9,14-16H2,1-2H3,(H,35,41)(H,36,42)(H,37,40)(H4,30,31,34)(H4,32,33,38)/t17-,21-,22+,23+/m1/s1. The Morgan fingerprint density at radius 1 is 0.795 bits per heavy atom. The van der Waals surface area contributed by atoms with Gasteiger partial charge in [-0.1, -0.05) is 42.5 Å². The summed E-state index contributed by atoms with van der Waals surface area (Å²) in [5.41, 5.74) is 23.4. The number of ether oxygens (including phenoxy) is 1. The van der Waals surface area contributed by atoms with E-state index >= 15 is 0 Å². The molecule has 0 unspecified atom stereocenters. The fourth-order valence-electron chi connectivity index (χ4n) is 4.15. The van der Waals surface area contributed by atoms with Crippen LogP contribution in [0.4, 0.5) is 0 Å². The van der Waals surface area contributed by atoms with E-state index < -0.39 is 47.9 Å². The van der Waals surface area contributed by atoms with Gasteiger partial charge in [-0.3, -0.25) is 19.4 Å². The Morgan fingerprint density at radius 3 is 1.98 bits per heavy atom. The van der Waals surface area contributed by atoms with Crippen LogP contribution in [0.5, 0.6) is 5.75 Å². The van der Waals surface area contributed by atoms with Crippen LogP contribution < -0.4 is 38.9 Å². The van der Waals surface area contributed by atoms with E-state index in [4.69, 9.17) is 22.9 Å². The number of hydrogen-bond acceptors (Lipinski definition) is 8. The largest absolute Gasteiger partial charge is 0.508 e. The number of phenolic OH excluding ortho intramolecular Hbond substituents is 1. The van der Waals surface area contributed by atoms with Crippen molar-refractivity contribution in [2.24, 2.45) is 32.9 Å². The molecule has 0 saturated heterocycles. The molecule has 238 valence electrons. The fourth-order valence-corrected chi connectivity index (χ4v) is 4.15. The molecule has 2 aromatic rings. The minimum absolute atomic E-state index is 0.0455. The summed E-state index contributed by atoms with van der Waals surface area (Å²) in [6.07, 6.45) is 0.561. The third-order valence-corrected chi connectivity index (χ3v) is 6.38. The second kappa shape index (κ2) is 17.6. The van der Waals surface area contributed by atoms with E-state index in [-0.39, 0.29) is 43.5 Å². The molecular formula is C29H41N9O6. The van der Waals surface area contributed by atoms with Crippen LogP contribution in [0.25, 0.3) is 0 Å². The highest BCUT2D eigenvalue weighted by atomic mass is 16.5. The quantitative estimate of drug-likeness (QED) is 0.0472. The van der Waals surface area contributed by atoms with Crippen molar-refractivity contribution in [3.8, 4) is 5.75 Å². The number of carbonyl (C=O) groups excluding carboxylic acids is 4. The summed E-state index contributed by atoms with van der Waals surface area (Å²) in [5.74, 6) is -3.03. The zero-order chi connectivity index (χ0) is 32.6. The zero-order valence-electron chi connectivity index (χ0n) is 24.7. The number of rotatable bonds is 16. The predicted molar refractivity (Wildman–Crippen MR) is 165 cm³/mol. The number of carbonyl (C=O) groups is 4. The lowest BCUT2D eigenvalue weighted by atomic mass is 10.0. The predicted octanol–water partition coefficient (Wildman–Crippen LogP) is -1.48. The van der Waals surface area contributed by atoms with Crippen molar-refractivity contribution in [3.63, 3.8) is 0 Å². The molecule has 0 fully saturated rings. The van der Waals surface area contributed by atoms with Gasteiger partial charge >= 0.3 is 5.97 Å². The van der Waals surface area contributed by atoms with Gasteiger partial charge in [-0.25, -0.2) is 9.79 Å². The fraction of sp³-hybridized carbons (Fsp3) is 0.379. The zero-order valence-corrected chi connectivity index (χ0v) is 24.7. The number of nitrogens with one attached hydrogen (secondary N) is 3. The van der Waals surface area contributed by atoms with Crippen LogP contribution in [0.15, 0.2) is 64.6 Å². The molecule has 0 heterocycles. The van der Waals surface area contributed by atoms with E-state index in [1.807, 2.05) is 6.07 Å². The van der Waals surface area contributed by atoms with Gasteiger partial charge in [0.15, 0.2) is 11.9 Å². The van der Waals surface area contributed by atoms with Crippen LogP contribution in [-0.4, -0.2) is 78.5 Å². The Bertz CT molecular complexity index is 1310. The van der Waals surface area contributed by atoms with Crippen LogP contribution in [0.2, 0.25) is 0 Å². The number of aliphatic imine (C=N–C) groups is 2. The Morgan fingerprint density at radius 2 is 1.39 bits per heavy atom. The summed E-state index contributed by atoms with van der Waals surface area (Å²) >= 11 is 0. The van der Waals surface area contributed by atoms with Gasteiger partial charge in [0.2, 0.25) is 17.7 Å². The first-order chi connectivity index (χ1) is 20.9. The molecule has 15 nitrogen and oxygen atoms in total. The summed E-state index contributed by atoms with van der Waals surface area (Å²) in [4.78, 5) is 60.1. The van der Waals surface area contributed by atoms with Crippen molar-refractivity contribution >= 4 is 35.6 Å². The number of nitrogens with two attached hydrogens (primary N) is 4. The number of benzene rings is 2. The van der Waals surface area contributed by atoms with Crippen LogP contribution >= 0.6 is 0 Å². The molecule has 2 aromatic carbocycles. The summed E-state index contributed by atoms with van der Waals surface area (Å²) in [6.45, 7) is 1.63. The van der Waals surface area contributed by atoms with E-state index in [0.29, 0.717) is 12.0 Å². The third-order valence-electron chi connectivity index (χ3n) is 6.38. The topological polar surface area (TPSA) is 263 Å². The van der Waals surface area contributed by atoms with Gasteiger partial charge < -0.3 is 48.7 Å². The molecule has 2 rings (SSSR count). The van der Waals surface area contributed by atoms with Gasteiger partial charge in [-0.2, -0.15) is 0 Å². The molecule has 0 aliphatic heterocycles. The van der Waals surface area contributed by atoms with Crippen molar-refractivity contribution in [2.45, 2.75) is 56.8 Å². The maximum absolute atomic E-state index is 13.6. The van der Waals surface area contributed by atoms with Gasteiger partial charge in [0, 0.05) is 19.4 Å². The second-order valence-corrected chi connectivity index (χ2v) is 9.95. The van der Waals surface area contributed by atoms with Crippen LogP contribution in [0, 0.1) is 0 Å². The number of methoxy groups -OCH3 is 1. The average Bonchev–Trinajstić information content (AvgIpc) is 2.98. The monoisotopic (exact) mass is 611 g/mol. The highest BCUT2D eigenvalue weighted by Gasteiger charge is 2.30. The second-order valence-electron chi connectivity index (χ2n) is 9.95. The molecule has 3 amide bonds. The van der Waals surface area contributed by atoms with E-state index in [1.165, 1.54) is 26.2 Å². The van der Waals surface area contributed by atoms with Crippen molar-refractivity contribution in [1.82, 2.24) is 16.0 Å². The molecule has 0 aromatic heterocycles. The number of amides is 3. The molecule has 0 saturated carbocycles. The lowest BCUT2D eigenvalue weighted by Gasteiger charge is -2.25. The van der Waals surface area contributed by atoms with E-state index in [0.717, 1.165) is 5.56 Å². The molecule has 15 heteroatoms. The highest BCUT2D eigenvalue weighted by molar-refractivity contribution is 5.95. The maximum Gasteiger partial charge on any atom is 0.328 e. The lowest BCUT2D eigenvalue weighted by Crippen LogP contribution is -2.57. The number of guanidine groups is 2. The smallest absolute Gasteiger partial charge is 0.328 e. The Labute approximate surface area is 255 Å². The van der Waals surface area contributed by atoms with Crippen molar-refractivity contribution < 1.29 is 29.0 Å². The molecule has 0 aliphatic carbocycles. The molecule has 44 heavy (non-hydrogen) atoms. The van der Waals surface area contributed by atoms with E-state index in [9.17, 15) is 24.3 Å². The first-order valence-electron chi connectivity index (χ1n) is 13.8. The molecule has 0 radical (unpaired) electrons. The minimum atomic E-state index is -1.14. The summed E-state index contributed by atoms with van der Waals surface area (Å²) < 4.78 is 4.69. The summed E-state index contributed by atoms with van der Waals surface area (Å²) in [6, 6.07) is 10.8. The Kier molecular flexibility index (Phi) is 13.9. The number of nitrogens with zero attached hydrogens (tertiary/aromatic N) is 2. The van der Waals surface area contributed by atoms with Crippen molar-refractivity contribution in [3.05, 3.63) is 65.7 Å². The van der Waals surface area contributed by atoms with Crippen LogP contribution in [-0.2, 0) is 36.8 Å². The first-order valence-corrected chi connectivity index (χ1v) is 13.8. The molecule has 4 atom stereocenters. The number of phenols is 1. The van der Waals surface area contributed by atoms with Gasteiger partial charge in [0.25, 0.3) is 0 Å². The molecular weight excluding hydrogens is 570 g/mol. The molecule has 0 bridgehead atoms. The number of aromatic hydroxyl groups is 1.